The number of benzene rings is 2. The van der Waals surface area contributed by atoms with E-state index in [0.29, 0.717) is 50.0 Å². The molecule has 2 aromatic carbocycles. The third-order valence-electron chi connectivity index (χ3n) is 4.49. The Kier molecular flexibility index (Phi) is 8.21. The van der Waals surface area contributed by atoms with Crippen LogP contribution in [-0.2, 0) is 0 Å². The Morgan fingerprint density at radius 3 is 1.85 bits per heavy atom. The second-order valence-corrected chi connectivity index (χ2v) is 8.21. The van der Waals surface area contributed by atoms with E-state index in [9.17, 15) is 4.79 Å². The van der Waals surface area contributed by atoms with Crippen LogP contribution in [0.1, 0.15) is 9.67 Å². The van der Waals surface area contributed by atoms with Gasteiger partial charge in [-0.1, -0.05) is 17.7 Å². The van der Waals surface area contributed by atoms with Crippen LogP contribution in [0.15, 0.2) is 41.8 Å². The quantitative estimate of drug-likeness (QED) is 0.344. The minimum absolute atomic E-state index is 0.244. The maximum atomic E-state index is 12.5. The summed E-state index contributed by atoms with van der Waals surface area (Å²) in [7, 11) is 6.07. The largest absolute Gasteiger partial charge is 0.495 e. The van der Waals surface area contributed by atoms with Gasteiger partial charge in [-0.3, -0.25) is 4.79 Å². The number of thiophene rings is 1. The zero-order valence-corrected chi connectivity index (χ0v) is 20.7. The number of ether oxygens (including phenoxy) is 4. The third-order valence-corrected chi connectivity index (χ3v) is 5.85. The first-order chi connectivity index (χ1) is 15.9. The molecule has 0 radical (unpaired) electrons. The summed E-state index contributed by atoms with van der Waals surface area (Å²) in [5, 5.41) is 11.4. The minimum Gasteiger partial charge on any atom is -0.495 e. The lowest BCUT2D eigenvalue weighted by Crippen LogP contribution is -2.20. The topological polar surface area (TPSA) is 90.1 Å². The third kappa shape index (κ3) is 5.78. The fourth-order valence-electron chi connectivity index (χ4n) is 2.92. The van der Waals surface area contributed by atoms with Crippen molar-refractivity contribution in [2.45, 2.75) is 0 Å². The monoisotopic (exact) mass is 507 g/mol. The highest BCUT2D eigenvalue weighted by atomic mass is 35.5. The molecule has 0 bridgehead atoms. The molecule has 3 aromatic rings. The van der Waals surface area contributed by atoms with E-state index in [-0.39, 0.29) is 11.0 Å². The van der Waals surface area contributed by atoms with Crippen LogP contribution in [-0.4, -0.2) is 39.5 Å². The van der Waals surface area contributed by atoms with Crippen LogP contribution in [0, 0.1) is 0 Å². The maximum absolute atomic E-state index is 12.5. The van der Waals surface area contributed by atoms with Gasteiger partial charge in [0.1, 0.15) is 23.0 Å². The van der Waals surface area contributed by atoms with Gasteiger partial charge in [0.05, 0.1) is 55.4 Å². The molecule has 0 fully saturated rings. The zero-order valence-electron chi connectivity index (χ0n) is 18.3. The van der Waals surface area contributed by atoms with Gasteiger partial charge < -0.3 is 34.9 Å². The molecule has 0 aliphatic rings. The summed E-state index contributed by atoms with van der Waals surface area (Å²) in [5.41, 5.74) is 1.53. The Bertz CT molecular complexity index is 1160. The van der Waals surface area contributed by atoms with Crippen LogP contribution >= 0.6 is 35.2 Å². The molecule has 1 heterocycles. The Balaban J connectivity index is 1.82. The van der Waals surface area contributed by atoms with Crippen molar-refractivity contribution in [2.75, 3.05) is 44.4 Å². The van der Waals surface area contributed by atoms with E-state index in [1.54, 1.807) is 30.3 Å². The molecule has 0 saturated carbocycles. The molecule has 0 atom stereocenters. The Labute approximate surface area is 205 Å². The molecule has 3 rings (SSSR count). The summed E-state index contributed by atoms with van der Waals surface area (Å²) in [5.74, 6) is 1.60. The molecule has 1 amide bonds. The minimum atomic E-state index is -0.244. The molecule has 33 heavy (non-hydrogen) atoms. The smallest absolute Gasteiger partial charge is 0.265 e. The fraction of sp³-hybridized carbons (Fsp3) is 0.182. The molecule has 0 aliphatic heterocycles. The second-order valence-electron chi connectivity index (χ2n) is 6.45. The number of carbonyl (C=O) groups excluding carboxylic acids is 1. The second kappa shape index (κ2) is 11.1. The first-order valence-corrected chi connectivity index (χ1v) is 11.2. The van der Waals surface area contributed by atoms with Crippen LogP contribution in [0.25, 0.3) is 0 Å². The maximum Gasteiger partial charge on any atom is 0.265 e. The van der Waals surface area contributed by atoms with Crippen LogP contribution in [0.3, 0.4) is 0 Å². The van der Waals surface area contributed by atoms with Gasteiger partial charge in [-0.25, -0.2) is 0 Å². The number of hydrogen-bond acceptors (Lipinski definition) is 7. The fourth-order valence-corrected chi connectivity index (χ4v) is 4.00. The molecule has 1 aromatic heterocycles. The number of hydrogen-bond donors (Lipinski definition) is 3. The number of anilines is 3. The average molecular weight is 508 g/mol. The van der Waals surface area contributed by atoms with E-state index < -0.39 is 0 Å². The van der Waals surface area contributed by atoms with Gasteiger partial charge >= 0.3 is 0 Å². The molecule has 3 N–H and O–H groups in total. The molecule has 174 valence electrons. The highest BCUT2D eigenvalue weighted by Crippen LogP contribution is 2.38. The Hall–Kier alpha value is -3.21. The number of nitrogens with one attached hydrogen (secondary N) is 3. The van der Waals surface area contributed by atoms with Gasteiger partial charge in [0.25, 0.3) is 5.91 Å². The molecule has 0 spiro atoms. The van der Waals surface area contributed by atoms with Crippen molar-refractivity contribution in [3.8, 4) is 23.0 Å². The van der Waals surface area contributed by atoms with Crippen LogP contribution < -0.4 is 34.9 Å². The number of rotatable bonds is 8. The van der Waals surface area contributed by atoms with Crippen molar-refractivity contribution in [3.05, 3.63) is 51.7 Å². The predicted molar refractivity (Wildman–Crippen MR) is 136 cm³/mol. The summed E-state index contributed by atoms with van der Waals surface area (Å²) in [4.78, 5) is 13.0. The zero-order chi connectivity index (χ0) is 24.0. The SMILES string of the molecule is COc1cc(OC)c(NC(=S)Nc2cc(OC)c(NC(=O)c3cccs3)cc2OC)cc1Cl. The first-order valence-electron chi connectivity index (χ1n) is 9.50. The molecule has 0 saturated heterocycles. The highest BCUT2D eigenvalue weighted by Gasteiger charge is 2.17. The molecular formula is C22H22ClN3O5S2. The predicted octanol–water partition coefficient (Wildman–Crippen LogP) is 5.50. The van der Waals surface area contributed by atoms with Crippen molar-refractivity contribution < 1.29 is 23.7 Å². The molecule has 11 heteroatoms. The van der Waals surface area contributed by atoms with Crippen molar-refractivity contribution in [1.29, 1.82) is 0 Å². The van der Waals surface area contributed by atoms with E-state index >= 15 is 0 Å². The van der Waals surface area contributed by atoms with E-state index in [2.05, 4.69) is 16.0 Å². The van der Waals surface area contributed by atoms with E-state index in [0.717, 1.165) is 0 Å². The Morgan fingerprint density at radius 2 is 1.33 bits per heavy atom. The van der Waals surface area contributed by atoms with Crippen molar-refractivity contribution >= 4 is 63.2 Å². The van der Waals surface area contributed by atoms with Crippen molar-refractivity contribution in [3.63, 3.8) is 0 Å². The van der Waals surface area contributed by atoms with E-state index in [1.165, 1.54) is 39.8 Å². The summed E-state index contributed by atoms with van der Waals surface area (Å²) in [6.07, 6.45) is 0. The number of amides is 1. The lowest BCUT2D eigenvalue weighted by Gasteiger charge is -2.18. The van der Waals surface area contributed by atoms with Gasteiger partial charge in [0.15, 0.2) is 5.11 Å². The number of halogens is 1. The van der Waals surface area contributed by atoms with Crippen molar-refractivity contribution in [2.24, 2.45) is 0 Å². The standard InChI is InChI=1S/C22H22ClN3O5S2/c1-28-16-11-19(31-4)13(8-12(16)23)25-22(32)26-15-10-17(29-2)14(9-18(15)30-3)24-21(27)20-6-5-7-33-20/h5-11H,1-4H3,(H,24,27)(H2,25,26,32). The number of thiocarbonyl (C=S) groups is 1. The summed E-state index contributed by atoms with van der Waals surface area (Å²) in [6.45, 7) is 0. The van der Waals surface area contributed by atoms with Crippen LogP contribution in [0.5, 0.6) is 23.0 Å². The van der Waals surface area contributed by atoms with E-state index in [4.69, 9.17) is 42.8 Å². The Morgan fingerprint density at radius 1 is 0.818 bits per heavy atom. The normalized spacial score (nSPS) is 10.2. The van der Waals surface area contributed by atoms with Crippen LogP contribution in [0.4, 0.5) is 17.1 Å². The molecule has 8 nitrogen and oxygen atoms in total. The van der Waals surface area contributed by atoms with E-state index in [1.807, 2.05) is 11.4 Å². The lowest BCUT2D eigenvalue weighted by molar-refractivity contribution is 0.103. The molecule has 0 unspecified atom stereocenters. The number of methoxy groups -OCH3 is 4. The number of carbonyl (C=O) groups is 1. The van der Waals surface area contributed by atoms with Crippen molar-refractivity contribution in [1.82, 2.24) is 0 Å². The van der Waals surface area contributed by atoms with Gasteiger partial charge in [0, 0.05) is 18.2 Å². The van der Waals surface area contributed by atoms with Gasteiger partial charge in [-0.15, -0.1) is 11.3 Å². The highest BCUT2D eigenvalue weighted by molar-refractivity contribution is 7.80. The summed E-state index contributed by atoms with van der Waals surface area (Å²) < 4.78 is 21.5. The van der Waals surface area contributed by atoms with Gasteiger partial charge in [0.2, 0.25) is 0 Å². The first kappa shape index (κ1) is 24.4. The molecule has 0 aliphatic carbocycles. The summed E-state index contributed by atoms with van der Waals surface area (Å²) >= 11 is 13.0. The van der Waals surface area contributed by atoms with Gasteiger partial charge in [-0.05, 0) is 29.7 Å². The molecular weight excluding hydrogens is 486 g/mol. The van der Waals surface area contributed by atoms with Crippen LogP contribution in [0.2, 0.25) is 5.02 Å². The van der Waals surface area contributed by atoms with Gasteiger partial charge in [-0.2, -0.15) is 0 Å². The summed E-state index contributed by atoms with van der Waals surface area (Å²) in [6, 6.07) is 10.2. The lowest BCUT2D eigenvalue weighted by atomic mass is 10.2. The average Bonchev–Trinajstić information content (AvgIpc) is 3.35.